The molecule has 0 saturated carbocycles. The lowest BCUT2D eigenvalue weighted by Crippen LogP contribution is -2.58. The van der Waals surface area contributed by atoms with E-state index in [0.717, 1.165) is 0 Å². The molecule has 1 aromatic rings. The van der Waals surface area contributed by atoms with E-state index in [-0.39, 0.29) is 30.6 Å². The number of hydrogen-bond acceptors (Lipinski definition) is 6. The molecular formula is C25H38N4O6. The number of rotatable bonds is 11. The van der Waals surface area contributed by atoms with Crippen molar-refractivity contribution in [3.05, 3.63) is 29.8 Å². The third-order valence-corrected chi connectivity index (χ3v) is 6.17. The number of amides is 3. The summed E-state index contributed by atoms with van der Waals surface area (Å²) in [6.45, 7) is 7.73. The highest BCUT2D eigenvalue weighted by atomic mass is 16.4. The Morgan fingerprint density at radius 2 is 1.63 bits per heavy atom. The molecule has 4 atom stereocenters. The van der Waals surface area contributed by atoms with Gasteiger partial charge in [0.2, 0.25) is 17.7 Å². The van der Waals surface area contributed by atoms with Crippen LogP contribution in [0.15, 0.2) is 24.3 Å². The first kappa shape index (κ1) is 28.1. The minimum absolute atomic E-state index is 0.0624. The minimum atomic E-state index is -1.09. The van der Waals surface area contributed by atoms with Crippen molar-refractivity contribution in [3.8, 4) is 5.75 Å². The second-order valence-electron chi connectivity index (χ2n) is 9.92. The van der Waals surface area contributed by atoms with Gasteiger partial charge in [0.05, 0.1) is 6.04 Å². The monoisotopic (exact) mass is 490 g/mol. The Hall–Kier alpha value is -3.14. The normalized spacial score (nSPS) is 18.3. The summed E-state index contributed by atoms with van der Waals surface area (Å²) >= 11 is 0. The summed E-state index contributed by atoms with van der Waals surface area (Å²) in [5, 5.41) is 24.6. The Labute approximate surface area is 206 Å². The number of likely N-dealkylation sites (tertiary alicyclic amines) is 1. The van der Waals surface area contributed by atoms with Crippen LogP contribution in [0.2, 0.25) is 0 Å². The van der Waals surface area contributed by atoms with Crippen molar-refractivity contribution in [1.29, 1.82) is 0 Å². The second kappa shape index (κ2) is 12.5. The number of phenolic OH excluding ortho intramolecular Hbond substituents is 1. The Bertz CT molecular complexity index is 902. The number of carboxylic acid groups (broad SMARTS) is 1. The van der Waals surface area contributed by atoms with E-state index >= 15 is 0 Å². The summed E-state index contributed by atoms with van der Waals surface area (Å²) in [7, 11) is 0. The van der Waals surface area contributed by atoms with Gasteiger partial charge in [0.15, 0.2) is 0 Å². The number of nitrogens with two attached hydrogens (primary N) is 1. The fourth-order valence-electron chi connectivity index (χ4n) is 4.10. The van der Waals surface area contributed by atoms with Gasteiger partial charge in [-0.25, -0.2) is 4.79 Å². The van der Waals surface area contributed by atoms with E-state index in [2.05, 4.69) is 10.6 Å². The number of nitrogens with zero attached hydrogens (tertiary/aromatic N) is 1. The summed E-state index contributed by atoms with van der Waals surface area (Å²) in [4.78, 5) is 52.2. The molecule has 194 valence electrons. The smallest absolute Gasteiger partial charge is 0.326 e. The molecule has 35 heavy (non-hydrogen) atoms. The first-order valence-corrected chi connectivity index (χ1v) is 12.1. The summed E-state index contributed by atoms with van der Waals surface area (Å²) in [5.41, 5.74) is 6.63. The van der Waals surface area contributed by atoms with Gasteiger partial charge >= 0.3 is 5.97 Å². The van der Waals surface area contributed by atoms with Crippen molar-refractivity contribution in [3.63, 3.8) is 0 Å². The fourth-order valence-corrected chi connectivity index (χ4v) is 4.10. The van der Waals surface area contributed by atoms with Crippen LogP contribution in [0, 0.1) is 11.8 Å². The van der Waals surface area contributed by atoms with E-state index in [4.69, 9.17) is 5.73 Å². The molecule has 1 heterocycles. The number of aliphatic carboxylic acids is 1. The highest BCUT2D eigenvalue weighted by Crippen LogP contribution is 2.20. The molecule has 0 bridgehead atoms. The highest BCUT2D eigenvalue weighted by molar-refractivity contribution is 5.94. The number of phenols is 1. The maximum atomic E-state index is 13.4. The Kier molecular flexibility index (Phi) is 10.1. The minimum Gasteiger partial charge on any atom is -0.508 e. The molecule has 10 nitrogen and oxygen atoms in total. The van der Waals surface area contributed by atoms with Crippen molar-refractivity contribution >= 4 is 23.7 Å². The molecule has 10 heteroatoms. The van der Waals surface area contributed by atoms with Crippen molar-refractivity contribution in [2.75, 3.05) is 6.54 Å². The van der Waals surface area contributed by atoms with Crippen LogP contribution in [-0.2, 0) is 25.6 Å². The van der Waals surface area contributed by atoms with E-state index < -0.39 is 47.9 Å². The van der Waals surface area contributed by atoms with Crippen molar-refractivity contribution < 1.29 is 29.4 Å². The maximum Gasteiger partial charge on any atom is 0.326 e. The quantitative estimate of drug-likeness (QED) is 0.309. The Morgan fingerprint density at radius 3 is 2.17 bits per heavy atom. The average Bonchev–Trinajstić information content (AvgIpc) is 3.28. The van der Waals surface area contributed by atoms with Crippen molar-refractivity contribution in [2.45, 2.75) is 77.5 Å². The molecule has 1 aliphatic heterocycles. The van der Waals surface area contributed by atoms with Crippen molar-refractivity contribution in [2.24, 2.45) is 17.6 Å². The molecule has 4 unspecified atom stereocenters. The van der Waals surface area contributed by atoms with Gasteiger partial charge in [0, 0.05) is 13.0 Å². The molecule has 0 aliphatic carbocycles. The fraction of sp³-hybridized carbons (Fsp3) is 0.600. The number of aromatic hydroxyl groups is 1. The van der Waals surface area contributed by atoms with Crippen LogP contribution in [0.25, 0.3) is 0 Å². The number of carbonyl (C=O) groups excluding carboxylic acids is 3. The zero-order chi connectivity index (χ0) is 26.3. The molecule has 3 amide bonds. The number of hydrogen-bond donors (Lipinski definition) is 5. The summed E-state index contributed by atoms with van der Waals surface area (Å²) in [6, 6.07) is 2.54. The van der Waals surface area contributed by atoms with Gasteiger partial charge in [-0.3, -0.25) is 14.4 Å². The average molecular weight is 491 g/mol. The van der Waals surface area contributed by atoms with Crippen molar-refractivity contribution in [1.82, 2.24) is 15.5 Å². The lowest BCUT2D eigenvalue weighted by molar-refractivity contribution is -0.149. The third kappa shape index (κ3) is 7.95. The van der Waals surface area contributed by atoms with Crippen LogP contribution in [0.5, 0.6) is 5.75 Å². The predicted octanol–water partition coefficient (Wildman–Crippen LogP) is 1.01. The molecule has 2 rings (SSSR count). The van der Waals surface area contributed by atoms with Crippen LogP contribution < -0.4 is 16.4 Å². The summed E-state index contributed by atoms with van der Waals surface area (Å²) < 4.78 is 0. The predicted molar refractivity (Wildman–Crippen MR) is 130 cm³/mol. The van der Waals surface area contributed by atoms with E-state index in [1.54, 1.807) is 12.1 Å². The zero-order valence-electron chi connectivity index (χ0n) is 20.9. The molecule has 0 spiro atoms. The van der Waals surface area contributed by atoms with Gasteiger partial charge < -0.3 is 31.5 Å². The van der Waals surface area contributed by atoms with Gasteiger partial charge in [-0.05, 0) is 48.8 Å². The molecule has 6 N–H and O–H groups in total. The van der Waals surface area contributed by atoms with Gasteiger partial charge in [-0.15, -0.1) is 0 Å². The molecule has 1 fully saturated rings. The largest absolute Gasteiger partial charge is 0.508 e. The molecular weight excluding hydrogens is 452 g/mol. The Morgan fingerprint density at radius 1 is 1.03 bits per heavy atom. The van der Waals surface area contributed by atoms with Gasteiger partial charge in [-0.2, -0.15) is 0 Å². The van der Waals surface area contributed by atoms with Crippen LogP contribution in [0.3, 0.4) is 0 Å². The number of carbonyl (C=O) groups is 4. The Balaban J connectivity index is 2.28. The lowest BCUT2D eigenvalue weighted by atomic mass is 9.99. The first-order chi connectivity index (χ1) is 16.4. The topological polar surface area (TPSA) is 162 Å². The summed E-state index contributed by atoms with van der Waals surface area (Å²) in [6.07, 6.45) is 1.34. The molecule has 1 aromatic carbocycles. The van der Waals surface area contributed by atoms with Gasteiger partial charge in [0.25, 0.3) is 0 Å². The second-order valence-corrected chi connectivity index (χ2v) is 9.92. The van der Waals surface area contributed by atoms with Gasteiger partial charge in [0.1, 0.15) is 23.9 Å². The number of nitrogens with one attached hydrogen (secondary N) is 2. The van der Waals surface area contributed by atoms with E-state index in [1.807, 2.05) is 27.7 Å². The lowest BCUT2D eigenvalue weighted by Gasteiger charge is -2.29. The molecule has 0 aromatic heterocycles. The van der Waals surface area contributed by atoms with E-state index in [9.17, 15) is 29.4 Å². The number of benzene rings is 1. The van der Waals surface area contributed by atoms with Gasteiger partial charge in [-0.1, -0.05) is 39.8 Å². The summed E-state index contributed by atoms with van der Waals surface area (Å²) in [5.74, 6) is -2.55. The van der Waals surface area contributed by atoms with Crippen LogP contribution in [0.1, 0.15) is 52.5 Å². The standard InChI is InChI=1S/C25H38N4O6/c1-14(2)12-18(27-23(32)21(26)15(3)4)22(31)28-19(13-16-7-9-17(30)10-8-16)24(33)29-11-5-6-20(29)25(34)35/h7-10,14-15,18-21,30H,5-6,11-13,26H2,1-4H3,(H,27,32)(H,28,31)(H,34,35). The van der Waals surface area contributed by atoms with Crippen LogP contribution >= 0.6 is 0 Å². The highest BCUT2D eigenvalue weighted by Gasteiger charge is 2.38. The number of carboxylic acids is 1. The third-order valence-electron chi connectivity index (χ3n) is 6.17. The first-order valence-electron chi connectivity index (χ1n) is 12.1. The van der Waals surface area contributed by atoms with Crippen LogP contribution in [0.4, 0.5) is 0 Å². The molecule has 1 aliphatic rings. The maximum absolute atomic E-state index is 13.4. The zero-order valence-corrected chi connectivity index (χ0v) is 20.9. The molecule has 0 radical (unpaired) electrons. The molecule has 1 saturated heterocycles. The van der Waals surface area contributed by atoms with E-state index in [0.29, 0.717) is 24.8 Å². The SMILES string of the molecule is CC(C)CC(NC(=O)C(N)C(C)C)C(=O)NC(Cc1ccc(O)cc1)C(=O)N1CCCC1C(=O)O. The van der Waals surface area contributed by atoms with E-state index in [1.165, 1.54) is 17.0 Å². The van der Waals surface area contributed by atoms with Crippen LogP contribution in [-0.4, -0.2) is 69.5 Å².